The maximum atomic E-state index is 6.63. The zero-order valence-corrected chi connectivity index (χ0v) is 14.2. The van der Waals surface area contributed by atoms with Crippen molar-refractivity contribution in [2.45, 2.75) is 57.0 Å². The standard InChI is InChI=1S/C21H30N2/c1-2-3-4-5-12-17-20(18-13-8-6-9-14-18)21(22,23)19-15-10-7-11-16-19/h6-11,13-16,20H,2-5,12,17,22-23H2,1H3. The largest absolute Gasteiger partial charge is 0.309 e. The number of benzene rings is 2. The van der Waals surface area contributed by atoms with Crippen LogP contribution in [0.5, 0.6) is 0 Å². The summed E-state index contributed by atoms with van der Waals surface area (Å²) in [6, 6.07) is 20.6. The van der Waals surface area contributed by atoms with Crippen LogP contribution < -0.4 is 11.5 Å². The summed E-state index contributed by atoms with van der Waals surface area (Å²) in [5.41, 5.74) is 14.7. The van der Waals surface area contributed by atoms with Crippen molar-refractivity contribution < 1.29 is 0 Å². The lowest BCUT2D eigenvalue weighted by Gasteiger charge is -2.35. The summed E-state index contributed by atoms with van der Waals surface area (Å²) in [5, 5.41) is 0. The molecule has 0 radical (unpaired) electrons. The lowest BCUT2D eigenvalue weighted by Crippen LogP contribution is -2.51. The van der Waals surface area contributed by atoms with Gasteiger partial charge in [-0.25, -0.2) is 0 Å². The molecule has 1 atom stereocenters. The van der Waals surface area contributed by atoms with E-state index in [9.17, 15) is 0 Å². The Labute approximate surface area is 140 Å². The van der Waals surface area contributed by atoms with E-state index in [1.165, 1.54) is 37.7 Å². The smallest absolute Gasteiger partial charge is 0.0969 e. The normalized spacial score (nSPS) is 13.0. The predicted molar refractivity (Wildman–Crippen MR) is 99.1 cm³/mol. The Kier molecular flexibility index (Phi) is 6.82. The predicted octanol–water partition coefficient (Wildman–Crippen LogP) is 4.90. The summed E-state index contributed by atoms with van der Waals surface area (Å²) in [5.74, 6) is 0.132. The van der Waals surface area contributed by atoms with Crippen molar-refractivity contribution in [2.24, 2.45) is 11.5 Å². The fourth-order valence-electron chi connectivity index (χ4n) is 3.25. The van der Waals surface area contributed by atoms with Crippen LogP contribution in [-0.4, -0.2) is 0 Å². The molecular weight excluding hydrogens is 280 g/mol. The van der Waals surface area contributed by atoms with Crippen molar-refractivity contribution in [3.63, 3.8) is 0 Å². The van der Waals surface area contributed by atoms with Crippen molar-refractivity contribution in [2.75, 3.05) is 0 Å². The first kappa shape index (κ1) is 17.7. The molecule has 2 rings (SSSR count). The van der Waals surface area contributed by atoms with Gasteiger partial charge in [-0.15, -0.1) is 0 Å². The highest BCUT2D eigenvalue weighted by Crippen LogP contribution is 2.35. The van der Waals surface area contributed by atoms with E-state index in [0.29, 0.717) is 0 Å². The topological polar surface area (TPSA) is 52.0 Å². The average Bonchev–Trinajstić information content (AvgIpc) is 2.59. The molecule has 0 saturated carbocycles. The highest BCUT2D eigenvalue weighted by atomic mass is 15.0. The Morgan fingerprint density at radius 1 is 0.783 bits per heavy atom. The zero-order chi connectivity index (χ0) is 16.5. The molecule has 1 unspecified atom stereocenters. The summed E-state index contributed by atoms with van der Waals surface area (Å²) in [4.78, 5) is 0. The van der Waals surface area contributed by atoms with Gasteiger partial charge in [0.15, 0.2) is 0 Å². The lowest BCUT2D eigenvalue weighted by molar-refractivity contribution is 0.338. The molecule has 0 bridgehead atoms. The second-order valence-electron chi connectivity index (χ2n) is 6.47. The molecule has 0 spiro atoms. The number of unbranched alkanes of at least 4 members (excludes halogenated alkanes) is 4. The third-order valence-corrected chi connectivity index (χ3v) is 4.65. The van der Waals surface area contributed by atoms with Crippen molar-refractivity contribution in [3.05, 3.63) is 71.8 Å². The van der Waals surface area contributed by atoms with E-state index >= 15 is 0 Å². The van der Waals surface area contributed by atoms with Crippen LogP contribution in [0.25, 0.3) is 0 Å². The molecule has 23 heavy (non-hydrogen) atoms. The summed E-state index contributed by atoms with van der Waals surface area (Å²) >= 11 is 0. The van der Waals surface area contributed by atoms with Gasteiger partial charge in [-0.1, -0.05) is 99.7 Å². The molecule has 2 heteroatoms. The second kappa shape index (κ2) is 8.85. The molecule has 0 fully saturated rings. The van der Waals surface area contributed by atoms with Crippen LogP contribution in [-0.2, 0) is 5.66 Å². The van der Waals surface area contributed by atoms with Gasteiger partial charge in [0.05, 0.1) is 5.66 Å². The van der Waals surface area contributed by atoms with Crippen molar-refractivity contribution in [1.29, 1.82) is 0 Å². The third-order valence-electron chi connectivity index (χ3n) is 4.65. The molecular formula is C21H30N2. The molecule has 0 aliphatic carbocycles. The van der Waals surface area contributed by atoms with E-state index in [1.807, 2.05) is 36.4 Å². The highest BCUT2D eigenvalue weighted by molar-refractivity contribution is 5.31. The Bertz CT molecular complexity index is 549. The molecule has 2 aromatic rings. The van der Waals surface area contributed by atoms with Crippen molar-refractivity contribution in [1.82, 2.24) is 0 Å². The Balaban J connectivity index is 2.16. The number of hydrogen-bond acceptors (Lipinski definition) is 2. The van der Waals surface area contributed by atoms with Gasteiger partial charge < -0.3 is 11.5 Å². The first-order valence-electron chi connectivity index (χ1n) is 8.84. The maximum Gasteiger partial charge on any atom is 0.0969 e. The van der Waals surface area contributed by atoms with Crippen LogP contribution >= 0.6 is 0 Å². The highest BCUT2D eigenvalue weighted by Gasteiger charge is 2.33. The zero-order valence-electron chi connectivity index (χ0n) is 14.2. The summed E-state index contributed by atoms with van der Waals surface area (Å²) in [7, 11) is 0. The van der Waals surface area contributed by atoms with E-state index in [1.54, 1.807) is 0 Å². The fraction of sp³-hybridized carbons (Fsp3) is 0.429. The molecule has 0 aliphatic heterocycles. The Hall–Kier alpha value is -1.64. The van der Waals surface area contributed by atoms with Gasteiger partial charge in [0.25, 0.3) is 0 Å². The summed E-state index contributed by atoms with van der Waals surface area (Å²) < 4.78 is 0. The average molecular weight is 310 g/mol. The lowest BCUT2D eigenvalue weighted by atomic mass is 9.79. The van der Waals surface area contributed by atoms with Gasteiger partial charge >= 0.3 is 0 Å². The summed E-state index contributed by atoms with van der Waals surface area (Å²) in [6.45, 7) is 2.24. The summed E-state index contributed by atoms with van der Waals surface area (Å²) in [6.07, 6.45) is 7.32. The van der Waals surface area contributed by atoms with E-state index in [4.69, 9.17) is 11.5 Å². The molecule has 0 saturated heterocycles. The van der Waals surface area contributed by atoms with Crippen LogP contribution in [0.4, 0.5) is 0 Å². The van der Waals surface area contributed by atoms with Crippen molar-refractivity contribution in [3.8, 4) is 0 Å². The minimum absolute atomic E-state index is 0.132. The van der Waals surface area contributed by atoms with E-state index in [-0.39, 0.29) is 5.92 Å². The first-order chi connectivity index (χ1) is 11.2. The van der Waals surface area contributed by atoms with E-state index in [0.717, 1.165) is 12.0 Å². The maximum absolute atomic E-state index is 6.63. The minimum atomic E-state index is -0.840. The van der Waals surface area contributed by atoms with E-state index in [2.05, 4.69) is 31.2 Å². The molecule has 0 aliphatic rings. The molecule has 0 aromatic heterocycles. The van der Waals surface area contributed by atoms with Crippen LogP contribution in [0, 0.1) is 0 Å². The number of rotatable bonds is 9. The van der Waals surface area contributed by atoms with Crippen LogP contribution in [0.1, 0.15) is 62.5 Å². The van der Waals surface area contributed by atoms with Crippen LogP contribution in [0.3, 0.4) is 0 Å². The molecule has 0 amide bonds. The monoisotopic (exact) mass is 310 g/mol. The third kappa shape index (κ3) is 4.92. The molecule has 0 heterocycles. The van der Waals surface area contributed by atoms with Gasteiger partial charge in [0.1, 0.15) is 0 Å². The van der Waals surface area contributed by atoms with Crippen LogP contribution in [0.15, 0.2) is 60.7 Å². The van der Waals surface area contributed by atoms with Gasteiger partial charge in [-0.3, -0.25) is 0 Å². The van der Waals surface area contributed by atoms with E-state index < -0.39 is 5.66 Å². The molecule has 4 N–H and O–H groups in total. The van der Waals surface area contributed by atoms with Gasteiger partial charge in [0.2, 0.25) is 0 Å². The minimum Gasteiger partial charge on any atom is -0.309 e. The molecule has 124 valence electrons. The number of nitrogens with two attached hydrogens (primary N) is 2. The SMILES string of the molecule is CCCCCCCC(c1ccccc1)C(N)(N)c1ccccc1. The molecule has 2 nitrogen and oxygen atoms in total. The second-order valence-corrected chi connectivity index (χ2v) is 6.47. The number of hydrogen-bond donors (Lipinski definition) is 2. The first-order valence-corrected chi connectivity index (χ1v) is 8.84. The molecule has 2 aromatic carbocycles. The van der Waals surface area contributed by atoms with Gasteiger partial charge in [0, 0.05) is 5.92 Å². The van der Waals surface area contributed by atoms with Crippen LogP contribution in [0.2, 0.25) is 0 Å². The fourth-order valence-corrected chi connectivity index (χ4v) is 3.25. The quantitative estimate of drug-likeness (QED) is 0.511. The van der Waals surface area contributed by atoms with Gasteiger partial charge in [-0.2, -0.15) is 0 Å². The van der Waals surface area contributed by atoms with Crippen molar-refractivity contribution >= 4 is 0 Å². The van der Waals surface area contributed by atoms with Gasteiger partial charge in [-0.05, 0) is 17.5 Å². The Morgan fingerprint density at radius 2 is 1.35 bits per heavy atom. The Morgan fingerprint density at radius 3 is 1.96 bits per heavy atom.